The molecule has 1 amide bonds. The van der Waals surface area contributed by atoms with Crippen LogP contribution in [0.15, 0.2) is 53.3 Å². The molecule has 10 nitrogen and oxygen atoms in total. The summed E-state index contributed by atoms with van der Waals surface area (Å²) >= 11 is 12.6. The quantitative estimate of drug-likeness (QED) is 0.215. The van der Waals surface area contributed by atoms with Gasteiger partial charge >= 0.3 is 5.97 Å². The van der Waals surface area contributed by atoms with E-state index in [1.165, 1.54) is 10.6 Å². The first-order chi connectivity index (χ1) is 20.6. The average Bonchev–Trinajstić information content (AvgIpc) is 3.00. The molecule has 0 aliphatic carbocycles. The fraction of sp³-hybridized carbons (Fsp3) is 0.452. The molecule has 0 bridgehead atoms. The summed E-state index contributed by atoms with van der Waals surface area (Å²) in [5.41, 5.74) is 7.04. The average molecular weight is 633 g/mol. The fourth-order valence-electron chi connectivity index (χ4n) is 4.83. The molecule has 1 atom stereocenters. The minimum absolute atomic E-state index is 0.0654. The summed E-state index contributed by atoms with van der Waals surface area (Å²) in [5, 5.41) is 4.45. The standard InChI is InChI=1S/C31H39Cl2N5O5/c1-21(2)30(34)31(41)35-19-28(40)43-20-38-26-18-23(10-8-22(26)9-11-27(38)39)42-17-4-3-12-36-13-15-37(16-14-36)25-7-5-6-24(32)29(25)33/h5-11,18,21,30H,3-4,12-17,19-20,34H2,1-2H3,(H,35,41). The Morgan fingerprint density at radius 2 is 1.77 bits per heavy atom. The predicted molar refractivity (Wildman–Crippen MR) is 170 cm³/mol. The molecule has 3 aromatic rings. The van der Waals surface area contributed by atoms with E-state index in [0.717, 1.165) is 56.6 Å². The lowest BCUT2D eigenvalue weighted by atomic mass is 10.1. The highest BCUT2D eigenvalue weighted by Gasteiger charge is 2.20. The lowest BCUT2D eigenvalue weighted by Crippen LogP contribution is -2.46. The van der Waals surface area contributed by atoms with E-state index < -0.39 is 17.9 Å². The highest BCUT2D eigenvalue weighted by atomic mass is 35.5. The number of anilines is 1. The van der Waals surface area contributed by atoms with Gasteiger partial charge in [0.2, 0.25) is 5.91 Å². The van der Waals surface area contributed by atoms with Crippen LogP contribution in [0.1, 0.15) is 26.7 Å². The molecule has 1 aromatic heterocycles. The maximum atomic E-state index is 12.6. The van der Waals surface area contributed by atoms with Crippen molar-refractivity contribution in [2.75, 3.05) is 50.8 Å². The Hall–Kier alpha value is -3.31. The van der Waals surface area contributed by atoms with Crippen molar-refractivity contribution in [2.24, 2.45) is 11.7 Å². The molecule has 1 unspecified atom stereocenters. The van der Waals surface area contributed by atoms with Crippen molar-refractivity contribution in [1.82, 2.24) is 14.8 Å². The second kappa shape index (κ2) is 15.4. The summed E-state index contributed by atoms with van der Waals surface area (Å²) in [4.78, 5) is 41.5. The van der Waals surface area contributed by atoms with Gasteiger partial charge in [0.25, 0.3) is 5.56 Å². The van der Waals surface area contributed by atoms with Crippen LogP contribution in [0.2, 0.25) is 10.0 Å². The number of amides is 1. The number of esters is 1. The van der Waals surface area contributed by atoms with Crippen LogP contribution in [0.3, 0.4) is 0 Å². The molecule has 12 heteroatoms. The normalized spacial score (nSPS) is 14.6. The molecule has 1 fully saturated rings. The SMILES string of the molecule is CC(C)C(N)C(=O)NCC(=O)OCn1c(=O)ccc2ccc(OCCCCN3CCN(c4cccc(Cl)c4Cl)CC3)cc21. The van der Waals surface area contributed by atoms with Gasteiger partial charge in [0, 0.05) is 38.3 Å². The van der Waals surface area contributed by atoms with Crippen LogP contribution < -0.4 is 26.2 Å². The van der Waals surface area contributed by atoms with Crippen LogP contribution in [-0.4, -0.2) is 73.3 Å². The summed E-state index contributed by atoms with van der Waals surface area (Å²) in [6.07, 6.45) is 1.87. The lowest BCUT2D eigenvalue weighted by Gasteiger charge is -2.36. The number of nitrogens with two attached hydrogens (primary N) is 1. The number of fused-ring (bicyclic) bond motifs is 1. The van der Waals surface area contributed by atoms with E-state index in [1.807, 2.05) is 38.1 Å². The first-order valence-corrected chi connectivity index (χ1v) is 15.3. The Morgan fingerprint density at radius 1 is 1.02 bits per heavy atom. The van der Waals surface area contributed by atoms with Crippen molar-refractivity contribution >= 4 is 51.7 Å². The molecular weight excluding hydrogens is 593 g/mol. The van der Waals surface area contributed by atoms with Gasteiger partial charge in [-0.2, -0.15) is 0 Å². The zero-order chi connectivity index (χ0) is 30.9. The number of hydrogen-bond acceptors (Lipinski definition) is 8. The largest absolute Gasteiger partial charge is 0.494 e. The number of nitrogens with one attached hydrogen (secondary N) is 1. The third-order valence-corrected chi connectivity index (χ3v) is 8.34. The van der Waals surface area contributed by atoms with Gasteiger partial charge in [0.1, 0.15) is 12.3 Å². The van der Waals surface area contributed by atoms with Crippen LogP contribution in [0.4, 0.5) is 5.69 Å². The van der Waals surface area contributed by atoms with E-state index >= 15 is 0 Å². The number of rotatable bonds is 13. The van der Waals surface area contributed by atoms with E-state index in [1.54, 1.807) is 18.2 Å². The molecule has 0 saturated carbocycles. The lowest BCUT2D eigenvalue weighted by molar-refractivity contribution is -0.147. The zero-order valence-electron chi connectivity index (χ0n) is 24.6. The van der Waals surface area contributed by atoms with Crippen molar-refractivity contribution in [2.45, 2.75) is 39.5 Å². The first-order valence-electron chi connectivity index (χ1n) is 14.5. The minimum Gasteiger partial charge on any atom is -0.494 e. The molecule has 2 heterocycles. The number of aromatic nitrogens is 1. The van der Waals surface area contributed by atoms with Gasteiger partial charge in [-0.15, -0.1) is 0 Å². The van der Waals surface area contributed by atoms with Crippen LogP contribution in [0.25, 0.3) is 10.9 Å². The Morgan fingerprint density at radius 3 is 2.51 bits per heavy atom. The predicted octanol–water partition coefficient (Wildman–Crippen LogP) is 3.89. The van der Waals surface area contributed by atoms with Gasteiger partial charge in [0.15, 0.2) is 6.73 Å². The molecular formula is C31H39Cl2N5O5. The molecule has 1 aliphatic heterocycles. The third-order valence-electron chi connectivity index (χ3n) is 7.53. The van der Waals surface area contributed by atoms with Crippen molar-refractivity contribution < 1.29 is 19.1 Å². The molecule has 0 radical (unpaired) electrons. The molecule has 0 spiro atoms. The maximum Gasteiger partial charge on any atom is 0.327 e. The van der Waals surface area contributed by atoms with E-state index in [0.29, 0.717) is 27.9 Å². The first kappa shape index (κ1) is 32.6. The number of ether oxygens (including phenoxy) is 2. The van der Waals surface area contributed by atoms with Crippen LogP contribution in [-0.2, 0) is 21.1 Å². The smallest absolute Gasteiger partial charge is 0.327 e. The summed E-state index contributed by atoms with van der Waals surface area (Å²) in [5.74, 6) is -0.544. The van der Waals surface area contributed by atoms with E-state index in [2.05, 4.69) is 15.1 Å². The van der Waals surface area contributed by atoms with E-state index in [9.17, 15) is 14.4 Å². The molecule has 1 aliphatic rings. The Labute approximate surface area is 261 Å². The van der Waals surface area contributed by atoms with Crippen LogP contribution >= 0.6 is 23.2 Å². The van der Waals surface area contributed by atoms with Gasteiger partial charge in [-0.3, -0.25) is 23.9 Å². The molecule has 1 saturated heterocycles. The van der Waals surface area contributed by atoms with Crippen LogP contribution in [0, 0.1) is 5.92 Å². The van der Waals surface area contributed by atoms with Gasteiger partial charge in [-0.1, -0.05) is 43.1 Å². The van der Waals surface area contributed by atoms with Crippen molar-refractivity contribution in [3.8, 4) is 5.75 Å². The Kier molecular flexibility index (Phi) is 11.7. The molecule has 3 N–H and O–H groups in total. The van der Waals surface area contributed by atoms with E-state index in [4.69, 9.17) is 38.4 Å². The van der Waals surface area contributed by atoms with Crippen molar-refractivity contribution in [1.29, 1.82) is 0 Å². The van der Waals surface area contributed by atoms with Crippen LogP contribution in [0.5, 0.6) is 5.75 Å². The highest BCUT2D eigenvalue weighted by molar-refractivity contribution is 6.43. The van der Waals surface area contributed by atoms with Gasteiger partial charge in [-0.25, -0.2) is 0 Å². The van der Waals surface area contributed by atoms with Crippen molar-refractivity contribution in [3.05, 3.63) is 68.9 Å². The zero-order valence-corrected chi connectivity index (χ0v) is 26.1. The highest BCUT2D eigenvalue weighted by Crippen LogP contribution is 2.32. The third kappa shape index (κ3) is 8.86. The minimum atomic E-state index is -0.719. The molecule has 43 heavy (non-hydrogen) atoms. The second-order valence-corrected chi connectivity index (χ2v) is 11.7. The number of piperazine rings is 1. The van der Waals surface area contributed by atoms with Gasteiger partial charge in [-0.05, 0) is 61.0 Å². The maximum absolute atomic E-state index is 12.6. The summed E-state index contributed by atoms with van der Waals surface area (Å²) in [7, 11) is 0. The Bertz CT molecular complexity index is 1470. The van der Waals surface area contributed by atoms with Gasteiger partial charge in [0.05, 0.1) is 33.9 Å². The number of unbranched alkanes of at least 4 members (excludes halogenated alkanes) is 1. The number of carbonyl (C=O) groups is 2. The number of halogens is 2. The van der Waals surface area contributed by atoms with Gasteiger partial charge < -0.3 is 25.4 Å². The molecule has 2 aromatic carbocycles. The number of pyridine rings is 1. The summed E-state index contributed by atoms with van der Waals surface area (Å²) in [6, 6.07) is 13.6. The number of benzene rings is 2. The van der Waals surface area contributed by atoms with Crippen molar-refractivity contribution in [3.63, 3.8) is 0 Å². The monoisotopic (exact) mass is 631 g/mol. The molecule has 232 valence electrons. The number of hydrogen-bond donors (Lipinski definition) is 2. The molecule has 4 rings (SSSR count). The summed E-state index contributed by atoms with van der Waals surface area (Å²) < 4.78 is 12.6. The topological polar surface area (TPSA) is 119 Å². The Balaban J connectivity index is 1.22. The number of nitrogens with zero attached hydrogens (tertiary/aromatic N) is 3. The number of carbonyl (C=O) groups excluding carboxylic acids is 2. The van der Waals surface area contributed by atoms with E-state index in [-0.39, 0.29) is 24.8 Å². The fourth-order valence-corrected chi connectivity index (χ4v) is 5.25. The second-order valence-electron chi connectivity index (χ2n) is 10.9. The summed E-state index contributed by atoms with van der Waals surface area (Å²) in [6.45, 7) is 8.22.